The molecule has 0 spiro atoms. The van der Waals surface area contributed by atoms with E-state index in [1.807, 2.05) is 20.8 Å². The van der Waals surface area contributed by atoms with Gasteiger partial charge in [-0.3, -0.25) is 0 Å². The second-order valence-electron chi connectivity index (χ2n) is 7.30. The Hall–Kier alpha value is -1.98. The number of hydrogen-bond acceptors (Lipinski definition) is 5. The molecule has 1 N–H and O–H groups in total. The number of hydrogen-bond donors (Lipinski definition) is 1. The van der Waals surface area contributed by atoms with Crippen molar-refractivity contribution in [1.29, 1.82) is 0 Å². The molecule has 0 radical (unpaired) electrons. The van der Waals surface area contributed by atoms with Crippen molar-refractivity contribution in [2.75, 3.05) is 18.5 Å². The summed E-state index contributed by atoms with van der Waals surface area (Å²) in [6.07, 6.45) is 3.72. The Kier molecular flexibility index (Phi) is 6.80. The van der Waals surface area contributed by atoms with Gasteiger partial charge in [-0.1, -0.05) is 29.8 Å². The molecular weight excluding hydrogens is 338 g/mol. The molecule has 1 fully saturated rings. The average Bonchev–Trinajstić information content (AvgIpc) is 2.67. The lowest BCUT2D eigenvalue weighted by atomic mass is 9.97. The molecule has 2 atom stereocenters. The monoisotopic (exact) mass is 369 g/mol. The van der Waals surface area contributed by atoms with E-state index >= 15 is 0 Å². The Morgan fingerprint density at radius 2 is 2.04 bits per heavy atom. The van der Waals surface area contributed by atoms with Gasteiger partial charge in [-0.15, -0.1) is 0 Å². The topological polar surface area (TPSA) is 56.3 Å². The van der Waals surface area contributed by atoms with E-state index < -0.39 is 0 Å². The van der Waals surface area contributed by atoms with Gasteiger partial charge < -0.3 is 14.8 Å². The lowest BCUT2D eigenvalue weighted by Crippen LogP contribution is -2.29. The molecule has 0 bridgehead atoms. The standard InChI is InChI=1S/C22H31N3O2/c1-5-26-14-20-16(3)22(25-17(4)24-20)23-13-19-10-7-11-21(27-19)18-9-6-8-15(2)12-18/h6,8-9,12,19,21H,5,7,10-11,13-14H2,1-4H3,(H,23,24,25). The fraction of sp³-hybridized carbons (Fsp3) is 0.545. The quantitative estimate of drug-likeness (QED) is 0.769. The van der Waals surface area contributed by atoms with Crippen LogP contribution in [0.1, 0.15) is 60.5 Å². The smallest absolute Gasteiger partial charge is 0.133 e. The highest BCUT2D eigenvalue weighted by Gasteiger charge is 2.24. The summed E-state index contributed by atoms with van der Waals surface area (Å²) in [5, 5.41) is 3.49. The third-order valence-electron chi connectivity index (χ3n) is 5.06. The van der Waals surface area contributed by atoms with Gasteiger partial charge >= 0.3 is 0 Å². The molecule has 0 amide bonds. The van der Waals surface area contributed by atoms with Crippen LogP contribution in [-0.2, 0) is 16.1 Å². The van der Waals surface area contributed by atoms with Crippen LogP contribution in [0.15, 0.2) is 24.3 Å². The van der Waals surface area contributed by atoms with Crippen molar-refractivity contribution in [3.8, 4) is 0 Å². The van der Waals surface area contributed by atoms with Gasteiger partial charge in [-0.05, 0) is 52.5 Å². The second-order valence-corrected chi connectivity index (χ2v) is 7.30. The van der Waals surface area contributed by atoms with E-state index in [0.717, 1.165) is 42.3 Å². The van der Waals surface area contributed by atoms with E-state index in [0.29, 0.717) is 13.2 Å². The molecule has 3 rings (SSSR count). The van der Waals surface area contributed by atoms with Crippen LogP contribution >= 0.6 is 0 Å². The fourth-order valence-corrected chi connectivity index (χ4v) is 3.57. The fourth-order valence-electron chi connectivity index (χ4n) is 3.57. The summed E-state index contributed by atoms with van der Waals surface area (Å²) in [5.41, 5.74) is 4.58. The first-order valence-corrected chi connectivity index (χ1v) is 9.94. The van der Waals surface area contributed by atoms with E-state index in [1.165, 1.54) is 17.5 Å². The van der Waals surface area contributed by atoms with E-state index in [4.69, 9.17) is 9.47 Å². The summed E-state index contributed by atoms with van der Waals surface area (Å²) in [5.74, 6) is 1.65. The lowest BCUT2D eigenvalue weighted by molar-refractivity contribution is -0.0442. The number of aryl methyl sites for hydroxylation is 2. The van der Waals surface area contributed by atoms with Crippen LogP contribution in [0.25, 0.3) is 0 Å². The van der Waals surface area contributed by atoms with Crippen molar-refractivity contribution in [2.24, 2.45) is 0 Å². The van der Waals surface area contributed by atoms with Crippen molar-refractivity contribution in [1.82, 2.24) is 9.97 Å². The normalized spacial score (nSPS) is 19.9. The highest BCUT2D eigenvalue weighted by Crippen LogP contribution is 2.31. The lowest BCUT2D eigenvalue weighted by Gasteiger charge is -2.31. The molecule has 5 nitrogen and oxygen atoms in total. The molecule has 1 aromatic heterocycles. The molecule has 146 valence electrons. The predicted molar refractivity (Wildman–Crippen MR) is 108 cm³/mol. The van der Waals surface area contributed by atoms with Crippen LogP contribution in [-0.4, -0.2) is 29.2 Å². The molecule has 1 aliphatic rings. The molecule has 0 saturated carbocycles. The Morgan fingerprint density at radius 3 is 2.81 bits per heavy atom. The van der Waals surface area contributed by atoms with E-state index in [2.05, 4.69) is 46.5 Å². The Morgan fingerprint density at radius 1 is 1.19 bits per heavy atom. The zero-order chi connectivity index (χ0) is 19.2. The first-order chi connectivity index (χ1) is 13.1. The molecular formula is C22H31N3O2. The molecule has 2 aromatic rings. The third kappa shape index (κ3) is 5.27. The van der Waals surface area contributed by atoms with Gasteiger partial charge in [0.15, 0.2) is 0 Å². The van der Waals surface area contributed by atoms with Crippen LogP contribution in [0, 0.1) is 20.8 Å². The van der Waals surface area contributed by atoms with Crippen molar-refractivity contribution < 1.29 is 9.47 Å². The van der Waals surface area contributed by atoms with Gasteiger partial charge in [0.05, 0.1) is 24.5 Å². The van der Waals surface area contributed by atoms with Crippen LogP contribution < -0.4 is 5.32 Å². The molecule has 2 unspecified atom stereocenters. The number of anilines is 1. The molecule has 27 heavy (non-hydrogen) atoms. The number of rotatable bonds is 7. The van der Waals surface area contributed by atoms with Gasteiger partial charge in [0.25, 0.3) is 0 Å². The van der Waals surface area contributed by atoms with Crippen LogP contribution in [0.3, 0.4) is 0 Å². The van der Waals surface area contributed by atoms with Gasteiger partial charge in [0.2, 0.25) is 0 Å². The van der Waals surface area contributed by atoms with E-state index in [1.54, 1.807) is 0 Å². The molecule has 1 saturated heterocycles. The number of nitrogens with zero attached hydrogens (tertiary/aromatic N) is 2. The van der Waals surface area contributed by atoms with Gasteiger partial charge in [-0.2, -0.15) is 0 Å². The first-order valence-electron chi connectivity index (χ1n) is 9.94. The van der Waals surface area contributed by atoms with Crippen LogP contribution in [0.2, 0.25) is 0 Å². The zero-order valence-corrected chi connectivity index (χ0v) is 16.9. The third-order valence-corrected chi connectivity index (χ3v) is 5.06. The summed E-state index contributed by atoms with van der Waals surface area (Å²) < 4.78 is 11.9. The Bertz CT molecular complexity index is 763. The van der Waals surface area contributed by atoms with Crippen LogP contribution in [0.5, 0.6) is 0 Å². The average molecular weight is 370 g/mol. The minimum atomic E-state index is 0.187. The Labute approximate surface area is 162 Å². The minimum Gasteiger partial charge on any atom is -0.375 e. The van der Waals surface area contributed by atoms with Crippen molar-refractivity contribution in [3.05, 3.63) is 52.5 Å². The van der Waals surface area contributed by atoms with E-state index in [9.17, 15) is 0 Å². The summed E-state index contributed by atoms with van der Waals surface area (Å²) in [6.45, 7) is 10.1. The second kappa shape index (κ2) is 9.29. The molecule has 2 heterocycles. The molecule has 0 aliphatic carbocycles. The SMILES string of the molecule is CCOCc1nc(C)nc(NCC2CCCC(c3cccc(C)c3)O2)c1C. The maximum Gasteiger partial charge on any atom is 0.133 e. The largest absolute Gasteiger partial charge is 0.375 e. The van der Waals surface area contributed by atoms with Crippen molar-refractivity contribution in [3.63, 3.8) is 0 Å². The van der Waals surface area contributed by atoms with Gasteiger partial charge in [0.1, 0.15) is 11.6 Å². The maximum absolute atomic E-state index is 6.38. The van der Waals surface area contributed by atoms with E-state index in [-0.39, 0.29) is 12.2 Å². The number of benzene rings is 1. The minimum absolute atomic E-state index is 0.187. The highest BCUT2D eigenvalue weighted by molar-refractivity contribution is 5.45. The summed E-state index contributed by atoms with van der Waals surface area (Å²) >= 11 is 0. The summed E-state index contributed by atoms with van der Waals surface area (Å²) in [7, 11) is 0. The molecule has 1 aliphatic heterocycles. The van der Waals surface area contributed by atoms with Crippen molar-refractivity contribution in [2.45, 2.75) is 65.8 Å². The summed E-state index contributed by atoms with van der Waals surface area (Å²) in [6, 6.07) is 8.65. The molecule has 1 aromatic carbocycles. The predicted octanol–water partition coefficient (Wildman–Crippen LogP) is 4.66. The van der Waals surface area contributed by atoms with Gasteiger partial charge in [0, 0.05) is 18.7 Å². The van der Waals surface area contributed by atoms with Crippen LogP contribution in [0.4, 0.5) is 5.82 Å². The van der Waals surface area contributed by atoms with Gasteiger partial charge in [-0.25, -0.2) is 9.97 Å². The highest BCUT2D eigenvalue weighted by atomic mass is 16.5. The number of nitrogens with one attached hydrogen (secondary N) is 1. The molecule has 5 heteroatoms. The Balaban J connectivity index is 1.63. The number of ether oxygens (including phenoxy) is 2. The summed E-state index contributed by atoms with van der Waals surface area (Å²) in [4.78, 5) is 9.10. The van der Waals surface area contributed by atoms with Crippen molar-refractivity contribution >= 4 is 5.82 Å². The first kappa shape index (κ1) is 19.8. The maximum atomic E-state index is 6.38. The number of aromatic nitrogens is 2. The zero-order valence-electron chi connectivity index (χ0n) is 16.9.